The highest BCUT2D eigenvalue weighted by atomic mass is 31.1. The highest BCUT2D eigenvalue weighted by molar-refractivity contribution is 7.36. The predicted octanol–water partition coefficient (Wildman–Crippen LogP) is 1.50. The SMILES string of the molecule is CC(C(=O)O)N(Oc1ccccc1)[P+](=O)OC[C@@H]1O[C@H](n2cnc3c(N)ncnc32)C[C@H]1O. The maximum Gasteiger partial charge on any atom is 0.653 e. The number of aliphatic carboxylic acids is 1. The van der Waals surface area contributed by atoms with Crippen LogP contribution < -0.4 is 10.6 Å². The molecular weight excluding hydrogens is 455 g/mol. The Morgan fingerprint density at radius 1 is 1.36 bits per heavy atom. The van der Waals surface area contributed by atoms with Gasteiger partial charge in [-0.25, -0.2) is 15.0 Å². The standard InChI is InChI=1S/C19H21N6O7P/c1-11(19(27)28)25(32-12-5-3-2-4-6-12)33(29)30-8-14-13(26)7-15(31-14)24-10-23-16-17(20)21-9-22-18(16)24/h2-6,9-11,13-15,26H,7-8H2,1H3,(H2-,20,21,22,27,28)/p+1/t11?,13-,14+,15+/m1/s1. The van der Waals surface area contributed by atoms with Gasteiger partial charge < -0.3 is 25.5 Å². The van der Waals surface area contributed by atoms with Crippen LogP contribution in [0.3, 0.4) is 0 Å². The summed E-state index contributed by atoms with van der Waals surface area (Å²) in [6.07, 6.45) is 0.619. The fourth-order valence-corrected chi connectivity index (χ4v) is 4.18. The van der Waals surface area contributed by atoms with E-state index >= 15 is 0 Å². The molecule has 0 saturated carbocycles. The highest BCUT2D eigenvalue weighted by Crippen LogP contribution is 2.36. The number of nitrogens with zero attached hydrogens (tertiary/aromatic N) is 5. The number of anilines is 1. The van der Waals surface area contributed by atoms with Gasteiger partial charge in [-0.3, -0.25) is 9.36 Å². The van der Waals surface area contributed by atoms with Crippen LogP contribution in [0.2, 0.25) is 0 Å². The van der Waals surface area contributed by atoms with Crippen molar-refractivity contribution in [1.82, 2.24) is 24.4 Å². The molecule has 0 spiro atoms. The Morgan fingerprint density at radius 3 is 2.85 bits per heavy atom. The van der Waals surface area contributed by atoms with Crippen LogP contribution in [0.5, 0.6) is 5.75 Å². The number of nitrogens with two attached hydrogens (primary N) is 1. The van der Waals surface area contributed by atoms with Crippen molar-refractivity contribution in [3.63, 3.8) is 0 Å². The summed E-state index contributed by atoms with van der Waals surface area (Å²) < 4.78 is 25.6. The molecule has 0 amide bonds. The summed E-state index contributed by atoms with van der Waals surface area (Å²) >= 11 is 0. The van der Waals surface area contributed by atoms with Crippen molar-refractivity contribution in [2.24, 2.45) is 0 Å². The number of hydrogen-bond acceptors (Lipinski definition) is 10. The first-order chi connectivity index (χ1) is 15.8. The summed E-state index contributed by atoms with van der Waals surface area (Å²) in [6, 6.07) is 7.05. The molecule has 4 rings (SSSR count). The zero-order chi connectivity index (χ0) is 23.5. The Balaban J connectivity index is 1.42. The van der Waals surface area contributed by atoms with Gasteiger partial charge in [0, 0.05) is 6.42 Å². The second-order valence-corrected chi connectivity index (χ2v) is 8.40. The molecule has 1 aromatic carbocycles. The Morgan fingerprint density at radius 2 is 2.12 bits per heavy atom. The van der Waals surface area contributed by atoms with Gasteiger partial charge in [0.15, 0.2) is 23.3 Å². The minimum atomic E-state index is -2.73. The third kappa shape index (κ3) is 4.92. The van der Waals surface area contributed by atoms with Crippen LogP contribution in [-0.4, -0.2) is 65.4 Å². The molecule has 14 heteroatoms. The minimum Gasteiger partial charge on any atom is -0.480 e. The van der Waals surface area contributed by atoms with E-state index in [1.165, 1.54) is 19.6 Å². The fraction of sp³-hybridized carbons (Fsp3) is 0.368. The summed E-state index contributed by atoms with van der Waals surface area (Å²) in [6.45, 7) is 1.05. The number of carboxylic acid groups (broad SMARTS) is 1. The van der Waals surface area contributed by atoms with Crippen molar-refractivity contribution in [3.05, 3.63) is 43.0 Å². The Bertz CT molecular complexity index is 1150. The van der Waals surface area contributed by atoms with E-state index in [2.05, 4.69) is 15.0 Å². The molecule has 0 aliphatic carbocycles. The van der Waals surface area contributed by atoms with Gasteiger partial charge >= 0.3 is 14.1 Å². The molecule has 2 unspecified atom stereocenters. The highest BCUT2D eigenvalue weighted by Gasteiger charge is 2.45. The van der Waals surface area contributed by atoms with Gasteiger partial charge in [-0.05, 0) is 23.6 Å². The second kappa shape index (κ2) is 9.73. The number of carboxylic acids is 1. The number of aliphatic hydroxyl groups is 1. The molecule has 1 aliphatic rings. The Hall–Kier alpha value is -3.22. The number of benzene rings is 1. The predicted molar refractivity (Wildman–Crippen MR) is 114 cm³/mol. The van der Waals surface area contributed by atoms with Crippen LogP contribution in [0.1, 0.15) is 19.6 Å². The molecule has 174 valence electrons. The van der Waals surface area contributed by atoms with Gasteiger partial charge in [0.05, 0.1) is 12.4 Å². The van der Waals surface area contributed by atoms with Crippen molar-refractivity contribution < 1.29 is 33.7 Å². The number of para-hydroxylation sites is 1. The lowest BCUT2D eigenvalue weighted by molar-refractivity contribution is -0.148. The maximum absolute atomic E-state index is 12.8. The first-order valence-corrected chi connectivity index (χ1v) is 11.1. The lowest BCUT2D eigenvalue weighted by Crippen LogP contribution is -2.37. The van der Waals surface area contributed by atoms with E-state index in [1.54, 1.807) is 34.9 Å². The van der Waals surface area contributed by atoms with Crippen molar-refractivity contribution in [1.29, 1.82) is 0 Å². The van der Waals surface area contributed by atoms with Crippen molar-refractivity contribution in [2.75, 3.05) is 12.3 Å². The molecule has 3 heterocycles. The molecule has 13 nitrogen and oxygen atoms in total. The van der Waals surface area contributed by atoms with Gasteiger partial charge in [0.1, 0.15) is 35.6 Å². The number of ether oxygens (including phenoxy) is 1. The normalized spacial score (nSPS) is 21.9. The van der Waals surface area contributed by atoms with E-state index in [1.807, 2.05) is 0 Å². The number of hydroxylamine groups is 1. The second-order valence-electron chi connectivity index (χ2n) is 7.27. The summed E-state index contributed by atoms with van der Waals surface area (Å²) in [5.74, 6) is -0.730. The smallest absolute Gasteiger partial charge is 0.480 e. The largest absolute Gasteiger partial charge is 0.653 e. The van der Waals surface area contributed by atoms with E-state index < -0.39 is 38.6 Å². The van der Waals surface area contributed by atoms with Crippen LogP contribution in [0.15, 0.2) is 43.0 Å². The van der Waals surface area contributed by atoms with Gasteiger partial charge in [0.25, 0.3) is 0 Å². The molecule has 5 atom stereocenters. The maximum atomic E-state index is 12.8. The number of carbonyl (C=O) groups is 1. The van der Waals surface area contributed by atoms with Gasteiger partial charge in [0.2, 0.25) is 0 Å². The van der Waals surface area contributed by atoms with E-state index in [0.717, 1.165) is 4.83 Å². The topological polar surface area (TPSA) is 175 Å². The molecule has 0 bridgehead atoms. The monoisotopic (exact) mass is 477 g/mol. The summed E-state index contributed by atoms with van der Waals surface area (Å²) in [7, 11) is -2.73. The van der Waals surface area contributed by atoms with Crippen LogP contribution in [-0.2, 0) is 18.6 Å². The molecule has 0 radical (unpaired) electrons. The number of fused-ring (bicyclic) bond motifs is 1. The number of imidazole rings is 1. The number of hydrogen-bond donors (Lipinski definition) is 3. The van der Waals surface area contributed by atoms with E-state index in [4.69, 9.17) is 19.8 Å². The third-order valence-corrected chi connectivity index (χ3v) is 6.16. The molecule has 3 aromatic rings. The van der Waals surface area contributed by atoms with Crippen molar-refractivity contribution in [2.45, 2.75) is 37.8 Å². The van der Waals surface area contributed by atoms with E-state index in [-0.39, 0.29) is 18.8 Å². The molecular formula is C19H22N6O7P+. The number of aliphatic hydroxyl groups excluding tert-OH is 1. The van der Waals surface area contributed by atoms with Crippen LogP contribution in [0.25, 0.3) is 11.2 Å². The summed E-state index contributed by atoms with van der Waals surface area (Å²) in [4.78, 5) is 29.9. The van der Waals surface area contributed by atoms with Crippen LogP contribution in [0.4, 0.5) is 5.82 Å². The third-order valence-electron chi connectivity index (χ3n) is 5.04. The van der Waals surface area contributed by atoms with E-state index in [0.29, 0.717) is 16.9 Å². The Labute approximate surface area is 188 Å². The molecule has 4 N–H and O–H groups in total. The lowest BCUT2D eigenvalue weighted by atomic mass is 10.2. The number of rotatable bonds is 9. The zero-order valence-electron chi connectivity index (χ0n) is 17.5. The Kier molecular flexibility index (Phi) is 6.77. The van der Waals surface area contributed by atoms with Gasteiger partial charge in [-0.2, -0.15) is 0 Å². The molecule has 1 fully saturated rings. The quantitative estimate of drug-likeness (QED) is 0.300. The van der Waals surface area contributed by atoms with Gasteiger partial charge in [-0.1, -0.05) is 18.2 Å². The van der Waals surface area contributed by atoms with Gasteiger partial charge in [-0.15, -0.1) is 4.52 Å². The first kappa shape index (κ1) is 23.0. The fourth-order valence-electron chi connectivity index (χ4n) is 3.25. The zero-order valence-corrected chi connectivity index (χ0v) is 18.4. The first-order valence-electron chi connectivity index (χ1n) is 9.96. The molecule has 1 aliphatic heterocycles. The molecule has 2 aromatic heterocycles. The minimum absolute atomic E-state index is 0.204. The van der Waals surface area contributed by atoms with Crippen LogP contribution >= 0.6 is 8.18 Å². The average Bonchev–Trinajstić information content (AvgIpc) is 3.40. The number of nitrogen functional groups attached to an aromatic ring is 1. The lowest BCUT2D eigenvalue weighted by Gasteiger charge is -2.16. The summed E-state index contributed by atoms with van der Waals surface area (Å²) in [5, 5.41) is 19.8. The van der Waals surface area contributed by atoms with E-state index in [9.17, 15) is 19.6 Å². The average molecular weight is 477 g/mol. The van der Waals surface area contributed by atoms with Crippen LogP contribution in [0, 0.1) is 0 Å². The van der Waals surface area contributed by atoms with Crippen molar-refractivity contribution in [3.8, 4) is 5.75 Å². The number of aromatic nitrogens is 4. The van der Waals surface area contributed by atoms with Crippen molar-refractivity contribution >= 4 is 31.1 Å². The summed E-state index contributed by atoms with van der Waals surface area (Å²) in [5.41, 5.74) is 6.67. The molecule has 1 saturated heterocycles. The molecule has 33 heavy (non-hydrogen) atoms.